The number of hydrogen-bond donors (Lipinski definition) is 1. The predicted molar refractivity (Wildman–Crippen MR) is 67.4 cm³/mol. The summed E-state index contributed by atoms with van der Waals surface area (Å²) in [5.41, 5.74) is -0.488. The van der Waals surface area contributed by atoms with Gasteiger partial charge in [-0.15, -0.1) is 0 Å². The number of ether oxygens (including phenoxy) is 2. The zero-order chi connectivity index (χ0) is 13.6. The van der Waals surface area contributed by atoms with Crippen LogP contribution in [0.4, 0.5) is 0 Å². The molecule has 0 saturated heterocycles. The molecule has 6 heteroatoms. The van der Waals surface area contributed by atoms with Crippen LogP contribution in [0.2, 0.25) is 0 Å². The lowest BCUT2D eigenvalue weighted by molar-refractivity contribution is -0.0106. The van der Waals surface area contributed by atoms with Gasteiger partial charge in [0.2, 0.25) is 11.7 Å². The first-order valence-corrected chi connectivity index (χ1v) is 6.14. The zero-order valence-corrected chi connectivity index (χ0v) is 11.8. The highest BCUT2D eigenvalue weighted by molar-refractivity contribution is 4.99. The lowest BCUT2D eigenvalue weighted by Gasteiger charge is -2.21. The average molecular weight is 257 g/mol. The van der Waals surface area contributed by atoms with E-state index in [4.69, 9.17) is 14.0 Å². The molecule has 2 atom stereocenters. The molecule has 0 aliphatic heterocycles. The van der Waals surface area contributed by atoms with Crippen LogP contribution in [-0.2, 0) is 21.5 Å². The van der Waals surface area contributed by atoms with E-state index in [0.717, 1.165) is 6.42 Å². The van der Waals surface area contributed by atoms with Gasteiger partial charge in [-0.3, -0.25) is 0 Å². The molecule has 104 valence electrons. The number of hydrogen-bond acceptors (Lipinski definition) is 6. The number of nitrogens with one attached hydrogen (secondary N) is 1. The van der Waals surface area contributed by atoms with Crippen LogP contribution in [0.5, 0.6) is 0 Å². The van der Waals surface area contributed by atoms with Crippen molar-refractivity contribution in [3.8, 4) is 0 Å². The molecular weight excluding hydrogens is 234 g/mol. The molecule has 1 heterocycles. The Kier molecular flexibility index (Phi) is 5.71. The van der Waals surface area contributed by atoms with Crippen molar-refractivity contribution in [1.82, 2.24) is 15.5 Å². The van der Waals surface area contributed by atoms with E-state index in [-0.39, 0.29) is 6.04 Å². The number of likely N-dealkylation sites (N-methyl/N-ethyl adjacent to an activating group) is 1. The molecule has 0 radical (unpaired) electrons. The van der Waals surface area contributed by atoms with Gasteiger partial charge in [0.05, 0.1) is 6.61 Å². The summed E-state index contributed by atoms with van der Waals surface area (Å²) < 4.78 is 15.8. The molecule has 0 bridgehead atoms. The van der Waals surface area contributed by atoms with Crippen molar-refractivity contribution >= 4 is 0 Å². The Morgan fingerprint density at radius 3 is 2.67 bits per heavy atom. The lowest BCUT2D eigenvalue weighted by Crippen LogP contribution is -2.32. The highest BCUT2D eigenvalue weighted by Crippen LogP contribution is 2.25. The van der Waals surface area contributed by atoms with Crippen molar-refractivity contribution < 1.29 is 14.0 Å². The first-order chi connectivity index (χ1) is 8.59. The van der Waals surface area contributed by atoms with E-state index in [2.05, 4.69) is 15.5 Å². The van der Waals surface area contributed by atoms with E-state index >= 15 is 0 Å². The monoisotopic (exact) mass is 257 g/mol. The van der Waals surface area contributed by atoms with Crippen LogP contribution in [0, 0.1) is 0 Å². The Balaban J connectivity index is 2.73. The van der Waals surface area contributed by atoms with Crippen molar-refractivity contribution in [3.63, 3.8) is 0 Å². The molecule has 1 N–H and O–H groups in total. The second-order valence-corrected chi connectivity index (χ2v) is 4.45. The maximum Gasteiger partial charge on any atom is 0.228 e. The van der Waals surface area contributed by atoms with Gasteiger partial charge < -0.3 is 19.3 Å². The van der Waals surface area contributed by atoms with Crippen LogP contribution in [0.1, 0.15) is 32.0 Å². The summed E-state index contributed by atoms with van der Waals surface area (Å²) in [6.07, 6.45) is 1.43. The van der Waals surface area contributed by atoms with Crippen molar-refractivity contribution in [3.05, 3.63) is 11.7 Å². The Labute approximate surface area is 108 Å². The number of aromatic nitrogens is 2. The van der Waals surface area contributed by atoms with Crippen LogP contribution < -0.4 is 5.32 Å². The van der Waals surface area contributed by atoms with Crippen molar-refractivity contribution in [2.45, 2.75) is 38.3 Å². The Morgan fingerprint density at radius 2 is 2.17 bits per heavy atom. The summed E-state index contributed by atoms with van der Waals surface area (Å²) in [6.45, 7) is 4.58. The molecule has 0 amide bonds. The molecule has 0 saturated carbocycles. The van der Waals surface area contributed by atoms with Crippen LogP contribution in [0.25, 0.3) is 0 Å². The van der Waals surface area contributed by atoms with Gasteiger partial charge >= 0.3 is 0 Å². The normalized spacial score (nSPS) is 16.5. The van der Waals surface area contributed by atoms with E-state index in [1.54, 1.807) is 14.2 Å². The highest BCUT2D eigenvalue weighted by Gasteiger charge is 2.30. The smallest absolute Gasteiger partial charge is 0.228 e. The molecule has 0 aromatic carbocycles. The number of rotatable bonds is 8. The quantitative estimate of drug-likeness (QED) is 0.752. The Morgan fingerprint density at radius 1 is 1.44 bits per heavy atom. The minimum atomic E-state index is -0.488. The molecule has 0 fully saturated rings. The molecule has 0 aliphatic carbocycles. The maximum atomic E-state index is 5.44. The fourth-order valence-electron chi connectivity index (χ4n) is 1.60. The van der Waals surface area contributed by atoms with Gasteiger partial charge in [0.15, 0.2) is 0 Å². The summed E-state index contributed by atoms with van der Waals surface area (Å²) in [5.74, 6) is 1.19. The minimum absolute atomic E-state index is 0.165. The van der Waals surface area contributed by atoms with Gasteiger partial charge in [-0.2, -0.15) is 4.98 Å². The topological polar surface area (TPSA) is 69.4 Å². The SMILES string of the molecule is CCC(C)(OC)c1noc(CC(COC)NC)n1. The molecule has 1 aromatic heterocycles. The molecule has 18 heavy (non-hydrogen) atoms. The second kappa shape index (κ2) is 6.82. The van der Waals surface area contributed by atoms with Gasteiger partial charge in [-0.1, -0.05) is 12.1 Å². The number of methoxy groups -OCH3 is 2. The van der Waals surface area contributed by atoms with Crippen molar-refractivity contribution in [2.75, 3.05) is 27.9 Å². The van der Waals surface area contributed by atoms with Crippen LogP contribution >= 0.6 is 0 Å². The Bertz CT molecular complexity index is 350. The summed E-state index contributed by atoms with van der Waals surface area (Å²) in [4.78, 5) is 4.40. The summed E-state index contributed by atoms with van der Waals surface area (Å²) >= 11 is 0. The fraction of sp³-hybridized carbons (Fsp3) is 0.833. The zero-order valence-electron chi connectivity index (χ0n) is 11.8. The fourth-order valence-corrected chi connectivity index (χ4v) is 1.60. The first kappa shape index (κ1) is 15.1. The summed E-state index contributed by atoms with van der Waals surface area (Å²) in [5, 5.41) is 7.14. The third-order valence-corrected chi connectivity index (χ3v) is 3.26. The standard InChI is InChI=1S/C12H23N3O3/c1-6-12(2,17-5)11-14-10(18-15-11)7-9(13-3)8-16-4/h9,13H,6-8H2,1-5H3. The van der Waals surface area contributed by atoms with Gasteiger partial charge in [-0.25, -0.2) is 0 Å². The first-order valence-electron chi connectivity index (χ1n) is 6.14. The molecular formula is C12H23N3O3. The molecule has 1 aromatic rings. The van der Waals surface area contributed by atoms with E-state index in [1.165, 1.54) is 0 Å². The lowest BCUT2D eigenvalue weighted by atomic mass is 10.0. The number of nitrogens with zero attached hydrogens (tertiary/aromatic N) is 2. The molecule has 0 aliphatic rings. The van der Waals surface area contributed by atoms with E-state index in [9.17, 15) is 0 Å². The van der Waals surface area contributed by atoms with Crippen LogP contribution in [0.15, 0.2) is 4.52 Å². The minimum Gasteiger partial charge on any atom is -0.383 e. The van der Waals surface area contributed by atoms with Crippen LogP contribution in [0.3, 0.4) is 0 Å². The molecule has 0 spiro atoms. The summed E-state index contributed by atoms with van der Waals surface area (Å²) in [7, 11) is 5.20. The summed E-state index contributed by atoms with van der Waals surface area (Å²) in [6, 6.07) is 0.165. The van der Waals surface area contributed by atoms with Gasteiger partial charge in [0.1, 0.15) is 5.60 Å². The molecule has 6 nitrogen and oxygen atoms in total. The van der Waals surface area contributed by atoms with E-state index < -0.39 is 5.60 Å². The molecule has 1 rings (SSSR count). The molecule has 2 unspecified atom stereocenters. The third-order valence-electron chi connectivity index (χ3n) is 3.26. The van der Waals surface area contributed by atoms with Gasteiger partial charge in [0, 0.05) is 26.7 Å². The van der Waals surface area contributed by atoms with Gasteiger partial charge in [-0.05, 0) is 20.4 Å². The third kappa shape index (κ3) is 3.51. The van der Waals surface area contributed by atoms with E-state index in [0.29, 0.717) is 24.7 Å². The Hall–Kier alpha value is -0.980. The largest absolute Gasteiger partial charge is 0.383 e. The van der Waals surface area contributed by atoms with Crippen molar-refractivity contribution in [1.29, 1.82) is 0 Å². The maximum absolute atomic E-state index is 5.44. The van der Waals surface area contributed by atoms with Crippen LogP contribution in [-0.4, -0.2) is 44.1 Å². The predicted octanol–water partition coefficient (Wildman–Crippen LogP) is 1.12. The van der Waals surface area contributed by atoms with E-state index in [1.807, 2.05) is 20.9 Å². The highest BCUT2D eigenvalue weighted by atomic mass is 16.5. The van der Waals surface area contributed by atoms with Crippen molar-refractivity contribution in [2.24, 2.45) is 0 Å². The second-order valence-electron chi connectivity index (χ2n) is 4.45. The van der Waals surface area contributed by atoms with Gasteiger partial charge in [0.25, 0.3) is 0 Å². The average Bonchev–Trinajstić information content (AvgIpc) is 2.86.